The fraction of sp³-hybridized carbons (Fsp3) is 0. The standard InChI is InChI=1S/C14H9BrClFN2OS/c15-11-3-1-7(16)5-9(11)14(20)19-12-4-2-8(17)6-10(12)13(18)21/h1-6H,(H2,18,21)(H,19,20). The highest BCUT2D eigenvalue weighted by atomic mass is 79.9. The molecular formula is C14H9BrClFN2OS. The van der Waals surface area contributed by atoms with Crippen molar-refractivity contribution in [3.05, 3.63) is 62.8 Å². The first-order chi connectivity index (χ1) is 9.88. The van der Waals surface area contributed by atoms with E-state index in [1.807, 2.05) is 0 Å². The number of thiocarbonyl (C=S) groups is 1. The maximum atomic E-state index is 13.2. The first kappa shape index (κ1) is 15.9. The van der Waals surface area contributed by atoms with Crippen molar-refractivity contribution in [2.24, 2.45) is 5.73 Å². The number of hydrogen-bond donors (Lipinski definition) is 2. The second-order valence-corrected chi connectivity index (χ2v) is 5.86. The van der Waals surface area contributed by atoms with E-state index in [2.05, 4.69) is 21.2 Å². The quantitative estimate of drug-likeness (QED) is 0.779. The van der Waals surface area contributed by atoms with Crippen LogP contribution in [0.5, 0.6) is 0 Å². The van der Waals surface area contributed by atoms with E-state index < -0.39 is 11.7 Å². The zero-order valence-electron chi connectivity index (χ0n) is 10.5. The van der Waals surface area contributed by atoms with Crippen molar-refractivity contribution in [2.75, 3.05) is 5.32 Å². The van der Waals surface area contributed by atoms with Gasteiger partial charge in [0.15, 0.2) is 0 Å². The van der Waals surface area contributed by atoms with Crippen molar-refractivity contribution < 1.29 is 9.18 Å². The molecular weight excluding hydrogens is 379 g/mol. The molecule has 0 unspecified atom stereocenters. The predicted octanol–water partition coefficient (Wildman–Crippen LogP) is 4.13. The number of nitrogens with two attached hydrogens (primary N) is 1. The van der Waals surface area contributed by atoms with Crippen molar-refractivity contribution in [1.82, 2.24) is 0 Å². The van der Waals surface area contributed by atoms with E-state index in [1.165, 1.54) is 24.3 Å². The molecule has 2 rings (SSSR count). The highest BCUT2D eigenvalue weighted by molar-refractivity contribution is 9.10. The Morgan fingerprint density at radius 2 is 1.95 bits per heavy atom. The monoisotopic (exact) mass is 386 g/mol. The highest BCUT2D eigenvalue weighted by Crippen LogP contribution is 2.24. The molecule has 0 saturated carbocycles. The lowest BCUT2D eigenvalue weighted by molar-refractivity contribution is 0.102. The van der Waals surface area contributed by atoms with Gasteiger partial charge in [0.25, 0.3) is 5.91 Å². The summed E-state index contributed by atoms with van der Waals surface area (Å²) >= 11 is 14.0. The van der Waals surface area contributed by atoms with Crippen LogP contribution in [0.15, 0.2) is 40.9 Å². The number of rotatable bonds is 3. The van der Waals surface area contributed by atoms with Gasteiger partial charge in [0.2, 0.25) is 0 Å². The van der Waals surface area contributed by atoms with E-state index in [9.17, 15) is 9.18 Å². The summed E-state index contributed by atoms with van der Waals surface area (Å²) in [6, 6.07) is 8.62. The van der Waals surface area contributed by atoms with Gasteiger partial charge < -0.3 is 11.1 Å². The summed E-state index contributed by atoms with van der Waals surface area (Å²) < 4.78 is 13.8. The number of amides is 1. The molecule has 0 aliphatic rings. The van der Waals surface area contributed by atoms with Gasteiger partial charge in [-0.3, -0.25) is 4.79 Å². The van der Waals surface area contributed by atoms with Gasteiger partial charge >= 0.3 is 0 Å². The molecule has 0 radical (unpaired) electrons. The summed E-state index contributed by atoms with van der Waals surface area (Å²) in [5.74, 6) is -0.895. The Labute approximate surface area is 139 Å². The molecule has 2 aromatic carbocycles. The third-order valence-corrected chi connectivity index (χ3v) is 3.81. The molecule has 3 N–H and O–H groups in total. The van der Waals surface area contributed by atoms with Crippen molar-refractivity contribution >= 4 is 56.3 Å². The Morgan fingerprint density at radius 3 is 2.62 bits per heavy atom. The van der Waals surface area contributed by atoms with Gasteiger partial charge in [-0.15, -0.1) is 0 Å². The van der Waals surface area contributed by atoms with Crippen LogP contribution in [0.4, 0.5) is 10.1 Å². The fourth-order valence-electron chi connectivity index (χ4n) is 1.69. The Bertz CT molecular complexity index is 739. The summed E-state index contributed by atoms with van der Waals surface area (Å²) in [6.45, 7) is 0. The van der Waals surface area contributed by atoms with E-state index in [1.54, 1.807) is 12.1 Å². The van der Waals surface area contributed by atoms with Crippen molar-refractivity contribution in [1.29, 1.82) is 0 Å². The second-order valence-electron chi connectivity index (χ2n) is 4.13. The van der Waals surface area contributed by atoms with E-state index >= 15 is 0 Å². The second kappa shape index (κ2) is 6.51. The Kier molecular flexibility index (Phi) is 4.92. The molecule has 0 atom stereocenters. The number of carbonyl (C=O) groups excluding carboxylic acids is 1. The topological polar surface area (TPSA) is 55.1 Å². The average Bonchev–Trinajstić information content (AvgIpc) is 2.43. The number of anilines is 1. The lowest BCUT2D eigenvalue weighted by Crippen LogP contribution is -2.18. The first-order valence-corrected chi connectivity index (χ1v) is 7.32. The highest BCUT2D eigenvalue weighted by Gasteiger charge is 2.14. The Balaban J connectivity index is 2.36. The van der Waals surface area contributed by atoms with E-state index in [0.29, 0.717) is 20.7 Å². The van der Waals surface area contributed by atoms with E-state index in [4.69, 9.17) is 29.6 Å². The summed E-state index contributed by atoms with van der Waals surface area (Å²) in [7, 11) is 0. The largest absolute Gasteiger partial charge is 0.389 e. The van der Waals surface area contributed by atoms with Crippen LogP contribution in [0.1, 0.15) is 15.9 Å². The van der Waals surface area contributed by atoms with Gasteiger partial charge in [0, 0.05) is 15.1 Å². The van der Waals surface area contributed by atoms with Crippen LogP contribution in [-0.4, -0.2) is 10.9 Å². The van der Waals surface area contributed by atoms with Gasteiger partial charge in [-0.05, 0) is 52.3 Å². The minimum atomic E-state index is -0.486. The minimum absolute atomic E-state index is 0.00467. The molecule has 3 nitrogen and oxygen atoms in total. The normalized spacial score (nSPS) is 10.2. The molecule has 0 spiro atoms. The third kappa shape index (κ3) is 3.78. The lowest BCUT2D eigenvalue weighted by Gasteiger charge is -2.11. The van der Waals surface area contributed by atoms with Gasteiger partial charge in [0.05, 0.1) is 11.3 Å². The van der Waals surface area contributed by atoms with Crippen LogP contribution in [0.2, 0.25) is 5.02 Å². The molecule has 0 fully saturated rings. The Morgan fingerprint density at radius 1 is 1.24 bits per heavy atom. The number of carbonyl (C=O) groups is 1. The third-order valence-electron chi connectivity index (χ3n) is 2.67. The first-order valence-electron chi connectivity index (χ1n) is 5.74. The number of benzene rings is 2. The van der Waals surface area contributed by atoms with Crippen LogP contribution >= 0.6 is 39.7 Å². The summed E-state index contributed by atoms with van der Waals surface area (Å²) in [6.07, 6.45) is 0. The minimum Gasteiger partial charge on any atom is -0.389 e. The number of halogens is 3. The van der Waals surface area contributed by atoms with Crippen LogP contribution in [0, 0.1) is 5.82 Å². The SMILES string of the molecule is NC(=S)c1cc(F)ccc1NC(=O)c1cc(Cl)ccc1Br. The molecule has 1 amide bonds. The molecule has 0 saturated heterocycles. The zero-order chi connectivity index (χ0) is 15.6. The van der Waals surface area contributed by atoms with Crippen LogP contribution in [-0.2, 0) is 0 Å². The van der Waals surface area contributed by atoms with E-state index in [-0.39, 0.29) is 10.6 Å². The molecule has 108 valence electrons. The maximum Gasteiger partial charge on any atom is 0.256 e. The maximum absolute atomic E-state index is 13.2. The molecule has 0 aliphatic heterocycles. The summed E-state index contributed by atoms with van der Waals surface area (Å²) in [5.41, 5.74) is 6.48. The van der Waals surface area contributed by atoms with E-state index in [0.717, 1.165) is 0 Å². The molecule has 7 heteroatoms. The zero-order valence-corrected chi connectivity index (χ0v) is 13.7. The molecule has 21 heavy (non-hydrogen) atoms. The van der Waals surface area contributed by atoms with Gasteiger partial charge in [0.1, 0.15) is 10.8 Å². The molecule has 0 aromatic heterocycles. The van der Waals surface area contributed by atoms with Crippen molar-refractivity contribution in [2.45, 2.75) is 0 Å². The van der Waals surface area contributed by atoms with Crippen LogP contribution in [0.25, 0.3) is 0 Å². The smallest absolute Gasteiger partial charge is 0.256 e. The number of hydrogen-bond acceptors (Lipinski definition) is 2. The van der Waals surface area contributed by atoms with Crippen LogP contribution in [0.3, 0.4) is 0 Å². The summed E-state index contributed by atoms with van der Waals surface area (Å²) in [4.78, 5) is 12.3. The van der Waals surface area contributed by atoms with Gasteiger partial charge in [-0.1, -0.05) is 23.8 Å². The number of nitrogens with one attached hydrogen (secondary N) is 1. The molecule has 2 aromatic rings. The lowest BCUT2D eigenvalue weighted by atomic mass is 10.1. The van der Waals surface area contributed by atoms with Crippen LogP contribution < -0.4 is 11.1 Å². The Hall–Kier alpha value is -1.50. The van der Waals surface area contributed by atoms with Crippen molar-refractivity contribution in [3.8, 4) is 0 Å². The fourth-order valence-corrected chi connectivity index (χ4v) is 2.46. The molecule has 0 bridgehead atoms. The van der Waals surface area contributed by atoms with Gasteiger partial charge in [-0.25, -0.2) is 4.39 Å². The van der Waals surface area contributed by atoms with Gasteiger partial charge in [-0.2, -0.15) is 0 Å². The molecule has 0 heterocycles. The molecule has 0 aliphatic carbocycles. The van der Waals surface area contributed by atoms with Crippen molar-refractivity contribution in [3.63, 3.8) is 0 Å². The predicted molar refractivity (Wildman–Crippen MR) is 89.4 cm³/mol. The average molecular weight is 388 g/mol. The summed E-state index contributed by atoms with van der Waals surface area (Å²) in [5, 5.41) is 3.07.